The Bertz CT molecular complexity index is 1080. The van der Waals surface area contributed by atoms with Crippen molar-refractivity contribution >= 4 is 22.7 Å². The summed E-state index contributed by atoms with van der Waals surface area (Å²) in [6, 6.07) is 9.42. The lowest BCUT2D eigenvalue weighted by atomic mass is 9.83. The van der Waals surface area contributed by atoms with Gasteiger partial charge in [-0.3, -0.25) is 9.59 Å². The first kappa shape index (κ1) is 16.9. The number of ether oxygens (including phenoxy) is 1. The summed E-state index contributed by atoms with van der Waals surface area (Å²) in [5.41, 5.74) is 1.76. The molecule has 144 valence electrons. The number of aromatic amines is 1. The number of carbonyl (C=O) groups is 2. The number of carbonyl (C=O) groups excluding carboxylic acids is 2. The average Bonchev–Trinajstić information content (AvgIpc) is 3.33. The van der Waals surface area contributed by atoms with E-state index < -0.39 is 5.54 Å². The number of nitrogens with zero attached hydrogens (tertiary/aromatic N) is 2. The molecule has 0 saturated carbocycles. The Labute approximate surface area is 161 Å². The maximum Gasteiger partial charge on any atom is 0.255 e. The van der Waals surface area contributed by atoms with E-state index in [1.54, 1.807) is 29.2 Å². The number of amides is 2. The largest absolute Gasteiger partial charge is 0.497 e. The normalized spacial score (nSPS) is 21.8. The molecule has 2 amide bonds. The van der Waals surface area contributed by atoms with Crippen LogP contribution in [-0.4, -0.2) is 46.8 Å². The molecule has 5 rings (SSSR count). The Kier molecular flexibility index (Phi) is 3.56. The zero-order valence-electron chi connectivity index (χ0n) is 15.8. The van der Waals surface area contributed by atoms with Crippen molar-refractivity contribution in [3.63, 3.8) is 0 Å². The Hall–Kier alpha value is -3.22. The van der Waals surface area contributed by atoms with Gasteiger partial charge in [-0.1, -0.05) is 0 Å². The number of benzene rings is 1. The van der Waals surface area contributed by atoms with Gasteiger partial charge in [0.05, 0.1) is 25.6 Å². The number of aromatic nitrogens is 1. The van der Waals surface area contributed by atoms with Crippen molar-refractivity contribution in [2.24, 2.45) is 0 Å². The van der Waals surface area contributed by atoms with E-state index in [9.17, 15) is 9.59 Å². The number of methoxy groups -OCH3 is 1. The Balaban J connectivity index is 1.62. The minimum Gasteiger partial charge on any atom is -0.497 e. The number of piperazine rings is 1. The lowest BCUT2D eigenvalue weighted by Crippen LogP contribution is -2.66. The molecule has 0 aliphatic carbocycles. The number of rotatable bonds is 3. The Morgan fingerprint density at radius 3 is 2.89 bits per heavy atom. The second-order valence-electron chi connectivity index (χ2n) is 7.50. The van der Waals surface area contributed by atoms with Gasteiger partial charge in [0.2, 0.25) is 5.91 Å². The molecule has 2 aromatic heterocycles. The summed E-state index contributed by atoms with van der Waals surface area (Å²) in [5.74, 6) is 1.29. The molecule has 0 radical (unpaired) electrons. The number of H-pyrrole nitrogens is 1. The molecule has 7 nitrogen and oxygen atoms in total. The van der Waals surface area contributed by atoms with Crippen LogP contribution in [0.2, 0.25) is 0 Å². The maximum absolute atomic E-state index is 13.6. The Morgan fingerprint density at radius 1 is 1.29 bits per heavy atom. The van der Waals surface area contributed by atoms with Crippen LogP contribution in [-0.2, 0) is 28.1 Å². The molecule has 2 aliphatic rings. The number of fused-ring (bicyclic) bond motifs is 5. The fourth-order valence-electron chi connectivity index (χ4n) is 4.55. The van der Waals surface area contributed by atoms with Gasteiger partial charge in [-0.05, 0) is 49.2 Å². The highest BCUT2D eigenvalue weighted by molar-refractivity contribution is 6.00. The topological polar surface area (TPSA) is 78.8 Å². The quantitative estimate of drug-likeness (QED) is 0.758. The molecule has 3 aromatic rings. The number of furan rings is 1. The first-order valence-corrected chi connectivity index (χ1v) is 9.33. The summed E-state index contributed by atoms with van der Waals surface area (Å²) in [6.45, 7) is 2.71. The van der Waals surface area contributed by atoms with E-state index >= 15 is 0 Å². The van der Waals surface area contributed by atoms with Crippen LogP contribution < -0.4 is 4.74 Å². The van der Waals surface area contributed by atoms with E-state index in [2.05, 4.69) is 4.98 Å². The molecule has 0 spiro atoms. The zero-order chi connectivity index (χ0) is 19.5. The van der Waals surface area contributed by atoms with Crippen molar-refractivity contribution in [2.75, 3.05) is 20.2 Å². The molecule has 28 heavy (non-hydrogen) atoms. The first-order chi connectivity index (χ1) is 13.5. The highest BCUT2D eigenvalue weighted by Gasteiger charge is 2.54. The third-order valence-electron chi connectivity index (χ3n) is 5.98. The molecule has 1 saturated heterocycles. The van der Waals surface area contributed by atoms with Gasteiger partial charge < -0.3 is 23.9 Å². The van der Waals surface area contributed by atoms with E-state index in [0.29, 0.717) is 18.7 Å². The molecule has 1 atom stereocenters. The molecule has 2 aliphatic heterocycles. The van der Waals surface area contributed by atoms with Crippen LogP contribution in [0, 0.1) is 0 Å². The molecule has 0 bridgehead atoms. The summed E-state index contributed by atoms with van der Waals surface area (Å²) >= 11 is 0. The van der Waals surface area contributed by atoms with Gasteiger partial charge in [-0.25, -0.2) is 0 Å². The van der Waals surface area contributed by atoms with Crippen molar-refractivity contribution in [1.82, 2.24) is 14.8 Å². The Morgan fingerprint density at radius 2 is 2.14 bits per heavy atom. The fraction of sp³-hybridized carbons (Fsp3) is 0.333. The minimum absolute atomic E-state index is 0.0458. The van der Waals surface area contributed by atoms with Gasteiger partial charge in [0, 0.05) is 17.4 Å². The minimum atomic E-state index is -1.05. The summed E-state index contributed by atoms with van der Waals surface area (Å²) in [6.07, 6.45) is 2.28. The van der Waals surface area contributed by atoms with Crippen molar-refractivity contribution in [2.45, 2.75) is 25.4 Å². The molecule has 4 heterocycles. The first-order valence-electron chi connectivity index (χ1n) is 9.33. The highest BCUT2D eigenvalue weighted by atomic mass is 16.5. The monoisotopic (exact) mass is 379 g/mol. The lowest BCUT2D eigenvalue weighted by Gasteiger charge is -2.49. The molecule has 1 fully saturated rings. The van der Waals surface area contributed by atoms with Gasteiger partial charge >= 0.3 is 0 Å². The van der Waals surface area contributed by atoms with Crippen molar-refractivity contribution < 1.29 is 18.7 Å². The molecule has 1 N–H and O–H groups in total. The third-order valence-corrected chi connectivity index (χ3v) is 5.98. The van der Waals surface area contributed by atoms with Crippen molar-refractivity contribution in [3.05, 3.63) is 53.6 Å². The SMILES string of the molecule is COc1ccc2[nH]c3c(c2c1)CCN1C(=O)CN(Cc2ccco2)C(=O)[C@]31C. The van der Waals surface area contributed by atoms with E-state index in [1.165, 1.54) is 0 Å². The standard InChI is InChI=1S/C21H21N3O4/c1-21-19-15(16-10-13(27-2)5-6-17(16)22-19)7-8-24(21)18(25)12-23(20(21)26)11-14-4-3-9-28-14/h3-6,9-10,22H,7-8,11-12H2,1-2H3/t21-/m0/s1. The van der Waals surface area contributed by atoms with Crippen molar-refractivity contribution in [3.8, 4) is 5.75 Å². The van der Waals surface area contributed by atoms with E-state index in [1.807, 2.05) is 31.2 Å². The molecular formula is C21H21N3O4. The second-order valence-corrected chi connectivity index (χ2v) is 7.50. The summed E-state index contributed by atoms with van der Waals surface area (Å²) in [7, 11) is 1.64. The summed E-state index contributed by atoms with van der Waals surface area (Å²) in [4.78, 5) is 33.2. The summed E-state index contributed by atoms with van der Waals surface area (Å²) < 4.78 is 10.8. The molecule has 0 unspecified atom stereocenters. The average molecular weight is 379 g/mol. The number of hydrogen-bond acceptors (Lipinski definition) is 4. The van der Waals surface area contributed by atoms with Gasteiger partial charge in [0.1, 0.15) is 18.1 Å². The van der Waals surface area contributed by atoms with E-state index in [0.717, 1.165) is 27.9 Å². The maximum atomic E-state index is 13.6. The molecule has 7 heteroatoms. The smallest absolute Gasteiger partial charge is 0.255 e. The zero-order valence-corrected chi connectivity index (χ0v) is 15.8. The van der Waals surface area contributed by atoms with Gasteiger partial charge in [0.15, 0.2) is 5.54 Å². The van der Waals surface area contributed by atoms with Gasteiger partial charge in [-0.2, -0.15) is 0 Å². The van der Waals surface area contributed by atoms with Crippen LogP contribution in [0.1, 0.15) is 23.9 Å². The fourth-order valence-corrected chi connectivity index (χ4v) is 4.55. The molecule has 1 aromatic carbocycles. The molecular weight excluding hydrogens is 358 g/mol. The van der Waals surface area contributed by atoms with Crippen LogP contribution in [0.5, 0.6) is 5.75 Å². The highest BCUT2D eigenvalue weighted by Crippen LogP contribution is 2.42. The van der Waals surface area contributed by atoms with Crippen LogP contribution in [0.25, 0.3) is 10.9 Å². The van der Waals surface area contributed by atoms with Gasteiger partial charge in [-0.15, -0.1) is 0 Å². The number of nitrogens with one attached hydrogen (secondary N) is 1. The van der Waals surface area contributed by atoms with Crippen LogP contribution >= 0.6 is 0 Å². The van der Waals surface area contributed by atoms with Crippen LogP contribution in [0.3, 0.4) is 0 Å². The van der Waals surface area contributed by atoms with E-state index in [4.69, 9.17) is 9.15 Å². The van der Waals surface area contributed by atoms with E-state index in [-0.39, 0.29) is 24.9 Å². The third kappa shape index (κ3) is 2.22. The summed E-state index contributed by atoms with van der Waals surface area (Å²) in [5, 5.41) is 1.04. The predicted octanol–water partition coefficient (Wildman–Crippen LogP) is 2.41. The second kappa shape index (κ2) is 5.89. The van der Waals surface area contributed by atoms with Gasteiger partial charge in [0.25, 0.3) is 5.91 Å². The number of hydrogen-bond donors (Lipinski definition) is 1. The predicted molar refractivity (Wildman–Crippen MR) is 102 cm³/mol. The van der Waals surface area contributed by atoms with Crippen LogP contribution in [0.4, 0.5) is 0 Å². The lowest BCUT2D eigenvalue weighted by molar-refractivity contribution is -0.166. The van der Waals surface area contributed by atoms with Crippen LogP contribution in [0.15, 0.2) is 41.0 Å². The van der Waals surface area contributed by atoms with Crippen molar-refractivity contribution in [1.29, 1.82) is 0 Å².